The zero-order valence-corrected chi connectivity index (χ0v) is 17.7. The molecular weight excluding hydrogens is 370 g/mol. The molecular formula is C21H31N5OS. The zero-order chi connectivity index (χ0) is 19.8. The van der Waals surface area contributed by atoms with E-state index in [0.717, 1.165) is 37.6 Å². The van der Waals surface area contributed by atoms with E-state index in [9.17, 15) is 4.79 Å². The third-order valence-corrected chi connectivity index (χ3v) is 6.23. The lowest BCUT2D eigenvalue weighted by Gasteiger charge is -2.27. The van der Waals surface area contributed by atoms with Crippen LogP contribution in [0.15, 0.2) is 35.8 Å². The summed E-state index contributed by atoms with van der Waals surface area (Å²) in [7, 11) is 0. The van der Waals surface area contributed by atoms with Gasteiger partial charge in [-0.2, -0.15) is 0 Å². The van der Waals surface area contributed by atoms with Crippen LogP contribution in [0.4, 0.5) is 10.6 Å². The Morgan fingerprint density at radius 3 is 2.61 bits per heavy atom. The van der Waals surface area contributed by atoms with Crippen molar-refractivity contribution in [3.63, 3.8) is 0 Å². The highest BCUT2D eigenvalue weighted by Crippen LogP contribution is 2.27. The molecule has 0 radical (unpaired) electrons. The Bertz CT molecular complexity index is 709. The number of nitrogens with one attached hydrogen (secondary N) is 2. The molecule has 0 aromatic carbocycles. The molecule has 1 aliphatic rings. The number of anilines is 1. The van der Waals surface area contributed by atoms with E-state index in [4.69, 9.17) is 0 Å². The molecule has 3 rings (SSSR count). The van der Waals surface area contributed by atoms with E-state index in [-0.39, 0.29) is 12.1 Å². The van der Waals surface area contributed by atoms with Crippen molar-refractivity contribution in [2.75, 3.05) is 37.6 Å². The lowest BCUT2D eigenvalue weighted by atomic mass is 10.2. The van der Waals surface area contributed by atoms with Crippen LogP contribution < -0.4 is 15.5 Å². The molecule has 1 aliphatic heterocycles. The average Bonchev–Trinajstić information content (AvgIpc) is 3.43. The van der Waals surface area contributed by atoms with Gasteiger partial charge in [0, 0.05) is 37.3 Å². The quantitative estimate of drug-likeness (QED) is 0.674. The maximum Gasteiger partial charge on any atom is 0.315 e. The number of aromatic nitrogens is 1. The van der Waals surface area contributed by atoms with Gasteiger partial charge in [0.05, 0.1) is 6.04 Å². The van der Waals surface area contributed by atoms with Gasteiger partial charge in [0.1, 0.15) is 5.82 Å². The first kappa shape index (κ1) is 20.6. The van der Waals surface area contributed by atoms with E-state index < -0.39 is 0 Å². The predicted molar refractivity (Wildman–Crippen MR) is 116 cm³/mol. The maximum atomic E-state index is 12.3. The van der Waals surface area contributed by atoms with Gasteiger partial charge < -0.3 is 15.5 Å². The molecule has 0 aliphatic carbocycles. The molecule has 1 atom stereocenters. The summed E-state index contributed by atoms with van der Waals surface area (Å²) in [6.07, 6.45) is 4.32. The smallest absolute Gasteiger partial charge is 0.315 e. The summed E-state index contributed by atoms with van der Waals surface area (Å²) in [5.41, 5.74) is 1.00. The predicted octanol–water partition coefficient (Wildman–Crippen LogP) is 3.63. The molecule has 2 amide bonds. The summed E-state index contributed by atoms with van der Waals surface area (Å²) in [4.78, 5) is 22.8. The van der Waals surface area contributed by atoms with Crippen LogP contribution in [0.5, 0.6) is 0 Å². The minimum absolute atomic E-state index is 0.131. The molecule has 1 saturated heterocycles. The molecule has 0 bridgehead atoms. The maximum absolute atomic E-state index is 12.3. The molecule has 1 unspecified atom stereocenters. The number of carbonyl (C=O) groups excluding carboxylic acids is 1. The van der Waals surface area contributed by atoms with E-state index in [1.807, 2.05) is 18.3 Å². The number of amides is 2. The summed E-state index contributed by atoms with van der Waals surface area (Å²) in [6, 6.07) is 8.42. The normalized spacial score (nSPS) is 15.4. The Morgan fingerprint density at radius 1 is 1.21 bits per heavy atom. The fraction of sp³-hybridized carbons (Fsp3) is 0.524. The molecule has 6 nitrogen and oxygen atoms in total. The van der Waals surface area contributed by atoms with E-state index in [0.29, 0.717) is 13.1 Å². The van der Waals surface area contributed by atoms with E-state index in [2.05, 4.69) is 56.8 Å². The summed E-state index contributed by atoms with van der Waals surface area (Å²) < 4.78 is 0. The standard InChI is InChI=1S/C21H31N5OS/c1-3-25(4-2)20-10-9-17(14-22-20)15-23-21(27)24-16-18(19-8-7-13-28-19)26-11-5-6-12-26/h7-10,13-14,18H,3-6,11-12,15-16H2,1-2H3,(H2,23,24,27). The number of urea groups is 1. The minimum atomic E-state index is -0.131. The van der Waals surface area contributed by atoms with Crippen LogP contribution in [0.2, 0.25) is 0 Å². The summed E-state index contributed by atoms with van der Waals surface area (Å²) >= 11 is 1.76. The van der Waals surface area contributed by atoms with E-state index >= 15 is 0 Å². The molecule has 2 N–H and O–H groups in total. The SMILES string of the molecule is CCN(CC)c1ccc(CNC(=O)NCC(c2cccs2)N2CCCC2)cn1. The van der Waals surface area contributed by atoms with Crippen LogP contribution in [-0.2, 0) is 6.54 Å². The van der Waals surface area contributed by atoms with Gasteiger partial charge in [-0.25, -0.2) is 9.78 Å². The number of hydrogen-bond donors (Lipinski definition) is 2. The first-order valence-corrected chi connectivity index (χ1v) is 11.1. The fourth-order valence-corrected chi connectivity index (χ4v) is 4.49. The minimum Gasteiger partial charge on any atom is -0.357 e. The van der Waals surface area contributed by atoms with Crippen LogP contribution >= 0.6 is 11.3 Å². The van der Waals surface area contributed by atoms with E-state index in [1.54, 1.807) is 11.3 Å². The molecule has 3 heterocycles. The number of hydrogen-bond acceptors (Lipinski definition) is 5. The Morgan fingerprint density at radius 2 is 2.00 bits per heavy atom. The van der Waals surface area contributed by atoms with Gasteiger partial charge in [-0.15, -0.1) is 11.3 Å². The molecule has 2 aromatic rings. The average molecular weight is 402 g/mol. The third kappa shape index (κ3) is 5.45. The molecule has 0 saturated carbocycles. The van der Waals surface area contributed by atoms with Gasteiger partial charge in [-0.05, 0) is 62.9 Å². The number of likely N-dealkylation sites (tertiary alicyclic amines) is 1. The van der Waals surface area contributed by atoms with Crippen molar-refractivity contribution >= 4 is 23.2 Å². The Kier molecular flexibility index (Phi) is 7.68. The Labute approximate surface area is 172 Å². The van der Waals surface area contributed by atoms with Crippen molar-refractivity contribution in [3.8, 4) is 0 Å². The topological polar surface area (TPSA) is 60.5 Å². The highest BCUT2D eigenvalue weighted by molar-refractivity contribution is 7.10. The van der Waals surface area contributed by atoms with Gasteiger partial charge >= 0.3 is 6.03 Å². The molecule has 1 fully saturated rings. The highest BCUT2D eigenvalue weighted by atomic mass is 32.1. The van der Waals surface area contributed by atoms with E-state index in [1.165, 1.54) is 17.7 Å². The lowest BCUT2D eigenvalue weighted by Crippen LogP contribution is -2.41. The summed E-state index contributed by atoms with van der Waals surface area (Å²) in [5.74, 6) is 0.975. The molecule has 2 aromatic heterocycles. The molecule has 7 heteroatoms. The first-order valence-electron chi connectivity index (χ1n) is 10.2. The van der Waals surface area contributed by atoms with Crippen molar-refractivity contribution in [2.24, 2.45) is 0 Å². The zero-order valence-electron chi connectivity index (χ0n) is 16.9. The van der Waals surface area contributed by atoms with Crippen molar-refractivity contribution in [1.29, 1.82) is 0 Å². The van der Waals surface area contributed by atoms with Gasteiger partial charge in [0.15, 0.2) is 0 Å². The Balaban J connectivity index is 1.48. The number of carbonyl (C=O) groups is 1. The van der Waals surface area contributed by atoms with Crippen molar-refractivity contribution in [2.45, 2.75) is 39.3 Å². The molecule has 0 spiro atoms. The second kappa shape index (κ2) is 10.4. The monoisotopic (exact) mass is 401 g/mol. The van der Waals surface area contributed by atoms with Crippen LogP contribution in [0.1, 0.15) is 43.2 Å². The number of pyridine rings is 1. The number of rotatable bonds is 9. The molecule has 28 heavy (non-hydrogen) atoms. The van der Waals surface area contributed by atoms with Crippen molar-refractivity contribution in [3.05, 3.63) is 46.3 Å². The number of nitrogens with zero attached hydrogens (tertiary/aromatic N) is 3. The Hall–Kier alpha value is -2.12. The second-order valence-corrected chi connectivity index (χ2v) is 8.01. The lowest BCUT2D eigenvalue weighted by molar-refractivity contribution is 0.222. The highest BCUT2D eigenvalue weighted by Gasteiger charge is 2.24. The van der Waals surface area contributed by atoms with Crippen LogP contribution in [-0.4, -0.2) is 48.6 Å². The molecule has 152 valence electrons. The van der Waals surface area contributed by atoms with Gasteiger partial charge in [0.2, 0.25) is 0 Å². The largest absolute Gasteiger partial charge is 0.357 e. The number of thiophene rings is 1. The first-order chi connectivity index (χ1) is 13.7. The fourth-order valence-electron chi connectivity index (χ4n) is 3.63. The van der Waals surface area contributed by atoms with Crippen LogP contribution in [0.3, 0.4) is 0 Å². The second-order valence-electron chi connectivity index (χ2n) is 7.03. The van der Waals surface area contributed by atoms with Crippen molar-refractivity contribution in [1.82, 2.24) is 20.5 Å². The van der Waals surface area contributed by atoms with Gasteiger partial charge in [-0.1, -0.05) is 12.1 Å². The van der Waals surface area contributed by atoms with Crippen LogP contribution in [0.25, 0.3) is 0 Å². The summed E-state index contributed by atoms with van der Waals surface area (Å²) in [6.45, 7) is 9.44. The van der Waals surface area contributed by atoms with Gasteiger partial charge in [-0.3, -0.25) is 4.90 Å². The summed E-state index contributed by atoms with van der Waals surface area (Å²) in [5, 5.41) is 8.10. The third-order valence-electron chi connectivity index (χ3n) is 5.26. The van der Waals surface area contributed by atoms with Gasteiger partial charge in [0.25, 0.3) is 0 Å². The van der Waals surface area contributed by atoms with Crippen LogP contribution in [0, 0.1) is 0 Å². The van der Waals surface area contributed by atoms with Crippen molar-refractivity contribution < 1.29 is 4.79 Å².